The molecule has 0 aliphatic carbocycles. The van der Waals surface area contributed by atoms with Gasteiger partial charge in [-0.25, -0.2) is 14.3 Å². The molecule has 2 heterocycles. The zero-order valence-electron chi connectivity index (χ0n) is 11.0. The molecule has 2 N–H and O–H groups in total. The summed E-state index contributed by atoms with van der Waals surface area (Å²) in [5.74, 6) is -0.606. The highest BCUT2D eigenvalue weighted by molar-refractivity contribution is 5.86. The molecular formula is C14H11N3O4. The molecule has 7 nitrogen and oxygen atoms in total. The fourth-order valence-electron chi connectivity index (χ4n) is 2.11. The molecule has 0 fully saturated rings. The van der Waals surface area contributed by atoms with Crippen LogP contribution in [0.3, 0.4) is 0 Å². The van der Waals surface area contributed by atoms with Crippen LogP contribution < -0.4 is 10.3 Å². The molecule has 0 saturated carbocycles. The van der Waals surface area contributed by atoms with E-state index in [0.29, 0.717) is 11.4 Å². The summed E-state index contributed by atoms with van der Waals surface area (Å²) < 4.78 is 6.45. The Balaban J connectivity index is 2.24. The van der Waals surface area contributed by atoms with Crippen molar-refractivity contribution in [2.45, 2.75) is 0 Å². The third-order valence-corrected chi connectivity index (χ3v) is 3.07. The second-order valence-electron chi connectivity index (χ2n) is 4.35. The van der Waals surface area contributed by atoms with Gasteiger partial charge < -0.3 is 9.84 Å². The number of aromatic carboxylic acids is 1. The highest BCUT2D eigenvalue weighted by atomic mass is 16.5. The Bertz CT molecular complexity index is 895. The van der Waals surface area contributed by atoms with Crippen molar-refractivity contribution in [1.82, 2.24) is 14.6 Å². The number of carboxylic acids is 1. The SMILES string of the molecule is COc1ccccc1-c1cc2nc(C(=O)O)cc(=O)n2[nH]1. The largest absolute Gasteiger partial charge is 0.496 e. The molecule has 1 aromatic carbocycles. The van der Waals surface area contributed by atoms with Gasteiger partial charge in [0.1, 0.15) is 5.75 Å². The molecule has 0 bridgehead atoms. The maximum Gasteiger partial charge on any atom is 0.354 e. The molecule has 106 valence electrons. The number of hydrogen-bond donors (Lipinski definition) is 2. The molecule has 21 heavy (non-hydrogen) atoms. The third kappa shape index (κ3) is 2.14. The number of hydrogen-bond acceptors (Lipinski definition) is 4. The normalized spacial score (nSPS) is 10.7. The van der Waals surface area contributed by atoms with E-state index in [1.54, 1.807) is 19.2 Å². The smallest absolute Gasteiger partial charge is 0.354 e. The number of H-pyrrole nitrogens is 1. The summed E-state index contributed by atoms with van der Waals surface area (Å²) in [6.45, 7) is 0. The Morgan fingerprint density at radius 2 is 2.10 bits per heavy atom. The number of rotatable bonds is 3. The second kappa shape index (κ2) is 4.78. The molecule has 7 heteroatoms. The molecular weight excluding hydrogens is 274 g/mol. The molecule has 0 unspecified atom stereocenters. The number of carbonyl (C=O) groups is 1. The van der Waals surface area contributed by atoms with Crippen molar-refractivity contribution in [1.29, 1.82) is 0 Å². The van der Waals surface area contributed by atoms with Crippen LogP contribution in [0.5, 0.6) is 5.75 Å². The number of aromatic nitrogens is 3. The topological polar surface area (TPSA) is 96.7 Å². The monoisotopic (exact) mass is 285 g/mol. The third-order valence-electron chi connectivity index (χ3n) is 3.07. The van der Waals surface area contributed by atoms with Crippen LogP contribution in [-0.4, -0.2) is 32.8 Å². The van der Waals surface area contributed by atoms with E-state index in [1.807, 2.05) is 18.2 Å². The number of aromatic amines is 1. The number of benzene rings is 1. The first kappa shape index (κ1) is 12.9. The first-order valence-electron chi connectivity index (χ1n) is 6.09. The van der Waals surface area contributed by atoms with Crippen molar-refractivity contribution in [3.63, 3.8) is 0 Å². The number of para-hydroxylation sites is 1. The number of carboxylic acid groups (broad SMARTS) is 1. The highest BCUT2D eigenvalue weighted by Gasteiger charge is 2.13. The van der Waals surface area contributed by atoms with Gasteiger partial charge in [0.2, 0.25) is 0 Å². The molecule has 3 rings (SSSR count). The molecule has 3 aromatic rings. The average Bonchev–Trinajstić information content (AvgIpc) is 2.91. The van der Waals surface area contributed by atoms with E-state index < -0.39 is 11.5 Å². The Hall–Kier alpha value is -3.09. The van der Waals surface area contributed by atoms with Gasteiger partial charge in [-0.1, -0.05) is 12.1 Å². The molecule has 2 aromatic heterocycles. The minimum Gasteiger partial charge on any atom is -0.496 e. The fraction of sp³-hybridized carbons (Fsp3) is 0.0714. The standard InChI is InChI=1S/C14H11N3O4/c1-21-11-5-3-2-4-8(11)9-6-12-15-10(14(19)20)7-13(18)17(12)16-9/h2-7,16H,1H3,(H,19,20). The summed E-state index contributed by atoms with van der Waals surface area (Å²) in [6, 6.07) is 9.86. The van der Waals surface area contributed by atoms with Crippen LogP contribution in [0.15, 0.2) is 41.2 Å². The van der Waals surface area contributed by atoms with Gasteiger partial charge in [-0.3, -0.25) is 9.89 Å². The number of nitrogens with zero attached hydrogens (tertiary/aromatic N) is 2. The lowest BCUT2D eigenvalue weighted by atomic mass is 10.1. The fourth-order valence-corrected chi connectivity index (χ4v) is 2.11. The van der Waals surface area contributed by atoms with Crippen molar-refractivity contribution >= 4 is 11.6 Å². The lowest BCUT2D eigenvalue weighted by Crippen LogP contribution is -2.17. The van der Waals surface area contributed by atoms with Gasteiger partial charge >= 0.3 is 5.97 Å². The van der Waals surface area contributed by atoms with Gasteiger partial charge in [-0.05, 0) is 12.1 Å². The predicted molar refractivity (Wildman–Crippen MR) is 74.8 cm³/mol. The van der Waals surface area contributed by atoms with Crippen molar-refractivity contribution < 1.29 is 14.6 Å². The van der Waals surface area contributed by atoms with Crippen molar-refractivity contribution in [2.75, 3.05) is 7.11 Å². The summed E-state index contributed by atoms with van der Waals surface area (Å²) in [6.07, 6.45) is 0. The van der Waals surface area contributed by atoms with E-state index in [2.05, 4.69) is 10.1 Å². The van der Waals surface area contributed by atoms with E-state index in [1.165, 1.54) is 4.52 Å². The van der Waals surface area contributed by atoms with Crippen molar-refractivity contribution in [3.05, 3.63) is 52.4 Å². The van der Waals surface area contributed by atoms with Gasteiger partial charge in [0.15, 0.2) is 11.3 Å². The van der Waals surface area contributed by atoms with Crippen LogP contribution in [0.25, 0.3) is 16.9 Å². The van der Waals surface area contributed by atoms with E-state index in [0.717, 1.165) is 11.6 Å². The van der Waals surface area contributed by atoms with Crippen LogP contribution in [0.4, 0.5) is 0 Å². The minimum absolute atomic E-state index is 0.237. The quantitative estimate of drug-likeness (QED) is 0.758. The van der Waals surface area contributed by atoms with E-state index >= 15 is 0 Å². The Morgan fingerprint density at radius 1 is 1.33 bits per heavy atom. The van der Waals surface area contributed by atoms with Crippen LogP contribution in [0, 0.1) is 0 Å². The predicted octanol–water partition coefficient (Wildman–Crippen LogP) is 1.40. The molecule has 0 aliphatic rings. The second-order valence-corrected chi connectivity index (χ2v) is 4.35. The molecule has 0 atom stereocenters. The van der Waals surface area contributed by atoms with Gasteiger partial charge in [0.05, 0.1) is 12.8 Å². The van der Waals surface area contributed by atoms with E-state index in [4.69, 9.17) is 9.84 Å². The maximum atomic E-state index is 11.9. The zero-order chi connectivity index (χ0) is 15.0. The zero-order valence-corrected chi connectivity index (χ0v) is 11.0. The molecule has 0 saturated heterocycles. The summed E-state index contributed by atoms with van der Waals surface area (Å²) >= 11 is 0. The number of nitrogens with one attached hydrogen (secondary N) is 1. The highest BCUT2D eigenvalue weighted by Crippen LogP contribution is 2.28. The number of methoxy groups -OCH3 is 1. The summed E-state index contributed by atoms with van der Waals surface area (Å²) in [4.78, 5) is 26.8. The number of fused-ring (bicyclic) bond motifs is 1. The van der Waals surface area contributed by atoms with Crippen LogP contribution in [0.1, 0.15) is 10.5 Å². The van der Waals surface area contributed by atoms with Crippen molar-refractivity contribution in [3.8, 4) is 17.0 Å². The van der Waals surface area contributed by atoms with Crippen LogP contribution in [0.2, 0.25) is 0 Å². The van der Waals surface area contributed by atoms with Crippen LogP contribution >= 0.6 is 0 Å². The summed E-state index contributed by atoms with van der Waals surface area (Å²) in [7, 11) is 1.55. The van der Waals surface area contributed by atoms with Crippen LogP contribution in [-0.2, 0) is 0 Å². The number of ether oxygens (including phenoxy) is 1. The summed E-state index contributed by atoms with van der Waals surface area (Å²) in [5.41, 5.74) is 0.825. The Morgan fingerprint density at radius 3 is 2.81 bits per heavy atom. The molecule has 0 aliphatic heterocycles. The van der Waals surface area contributed by atoms with E-state index in [9.17, 15) is 9.59 Å². The Labute approximate surface area is 118 Å². The molecule has 0 amide bonds. The van der Waals surface area contributed by atoms with Gasteiger partial charge in [-0.2, -0.15) is 0 Å². The van der Waals surface area contributed by atoms with Gasteiger partial charge in [0, 0.05) is 17.7 Å². The summed E-state index contributed by atoms with van der Waals surface area (Å²) in [5, 5.41) is 11.8. The van der Waals surface area contributed by atoms with Crippen molar-refractivity contribution in [2.24, 2.45) is 0 Å². The average molecular weight is 285 g/mol. The first-order valence-corrected chi connectivity index (χ1v) is 6.09. The Kier molecular flexibility index (Phi) is 2.94. The first-order chi connectivity index (χ1) is 10.1. The molecule has 0 spiro atoms. The van der Waals surface area contributed by atoms with E-state index in [-0.39, 0.29) is 11.3 Å². The lowest BCUT2D eigenvalue weighted by Gasteiger charge is -2.05. The van der Waals surface area contributed by atoms with Gasteiger partial charge in [0.25, 0.3) is 5.56 Å². The lowest BCUT2D eigenvalue weighted by molar-refractivity contribution is 0.0690. The van der Waals surface area contributed by atoms with Gasteiger partial charge in [-0.15, -0.1) is 0 Å². The maximum absolute atomic E-state index is 11.9. The minimum atomic E-state index is -1.24. The molecule has 0 radical (unpaired) electrons.